The van der Waals surface area contributed by atoms with Gasteiger partial charge in [0.2, 0.25) is 0 Å². The molecule has 88 valence electrons. The van der Waals surface area contributed by atoms with E-state index in [1.54, 1.807) is 17.1 Å². The van der Waals surface area contributed by atoms with Crippen LogP contribution in [0.3, 0.4) is 0 Å². The summed E-state index contributed by atoms with van der Waals surface area (Å²) in [5.41, 5.74) is 1.66. The van der Waals surface area contributed by atoms with E-state index in [4.69, 9.17) is 4.74 Å². The van der Waals surface area contributed by atoms with Gasteiger partial charge in [-0.25, -0.2) is 4.79 Å². The first-order valence-corrected chi connectivity index (χ1v) is 5.33. The van der Waals surface area contributed by atoms with Gasteiger partial charge in [0.25, 0.3) is 0 Å². The molecule has 5 nitrogen and oxygen atoms in total. The minimum Gasteiger partial charge on any atom is -0.465 e. The molecule has 0 fully saturated rings. The monoisotopic (exact) mass is 231 g/mol. The second kappa shape index (κ2) is 4.78. The fraction of sp³-hybridized carbons (Fsp3) is 0.250. The van der Waals surface area contributed by atoms with Crippen molar-refractivity contribution >= 4 is 5.97 Å². The molecule has 0 aliphatic heterocycles. The van der Waals surface area contributed by atoms with Gasteiger partial charge in [-0.1, -0.05) is 6.07 Å². The maximum absolute atomic E-state index is 11.6. The summed E-state index contributed by atoms with van der Waals surface area (Å²) in [4.78, 5) is 15.8. The summed E-state index contributed by atoms with van der Waals surface area (Å²) in [6.45, 7) is 2.65. The van der Waals surface area contributed by atoms with E-state index < -0.39 is 5.97 Å². The van der Waals surface area contributed by atoms with Crippen molar-refractivity contribution in [3.05, 3.63) is 36.2 Å². The molecule has 2 heterocycles. The molecule has 0 aliphatic carbocycles. The molecule has 0 unspecified atom stereocenters. The smallest absolute Gasteiger partial charge is 0.341 e. The molecule has 2 aromatic rings. The van der Waals surface area contributed by atoms with Crippen molar-refractivity contribution in [2.24, 2.45) is 0 Å². The Morgan fingerprint density at radius 1 is 1.47 bits per heavy atom. The summed E-state index contributed by atoms with van der Waals surface area (Å²) >= 11 is 0. The van der Waals surface area contributed by atoms with Gasteiger partial charge in [0.05, 0.1) is 12.8 Å². The Balaban J connectivity index is 2.52. The summed E-state index contributed by atoms with van der Waals surface area (Å²) in [6.07, 6.45) is 3.34. The topological polar surface area (TPSA) is 57.0 Å². The van der Waals surface area contributed by atoms with Crippen LogP contribution in [0, 0.1) is 0 Å². The highest BCUT2D eigenvalue weighted by Gasteiger charge is 2.18. The third-order valence-electron chi connectivity index (χ3n) is 2.40. The number of pyridine rings is 1. The summed E-state index contributed by atoms with van der Waals surface area (Å²) in [5, 5.41) is 4.32. The van der Waals surface area contributed by atoms with Gasteiger partial charge < -0.3 is 4.74 Å². The Morgan fingerprint density at radius 2 is 2.29 bits per heavy atom. The highest BCUT2D eigenvalue weighted by molar-refractivity contribution is 5.95. The zero-order valence-corrected chi connectivity index (χ0v) is 9.75. The second-order valence-electron chi connectivity index (χ2n) is 3.45. The molecule has 0 saturated heterocycles. The number of hydrogen-bond donors (Lipinski definition) is 0. The molecule has 0 aliphatic rings. The number of carbonyl (C=O) groups excluding carboxylic acids is 1. The molecule has 5 heteroatoms. The summed E-state index contributed by atoms with van der Waals surface area (Å²) in [6, 6.07) is 5.49. The van der Waals surface area contributed by atoms with E-state index in [1.807, 2.05) is 25.1 Å². The Labute approximate surface area is 99.1 Å². The van der Waals surface area contributed by atoms with Gasteiger partial charge in [-0.15, -0.1) is 0 Å². The Kier molecular flexibility index (Phi) is 3.18. The molecule has 0 aromatic carbocycles. The lowest BCUT2D eigenvalue weighted by Crippen LogP contribution is -2.02. The Bertz CT molecular complexity index is 520. The SMILES string of the molecule is CCn1cc(C(=O)OC)c(-c2ccccn2)n1. The van der Waals surface area contributed by atoms with Crippen LogP contribution in [0.15, 0.2) is 30.6 Å². The summed E-state index contributed by atoms with van der Waals surface area (Å²) in [5.74, 6) is -0.398. The molecule has 2 aromatic heterocycles. The summed E-state index contributed by atoms with van der Waals surface area (Å²) < 4.78 is 6.43. The van der Waals surface area contributed by atoms with E-state index in [9.17, 15) is 4.79 Å². The number of aryl methyl sites for hydroxylation is 1. The third kappa shape index (κ3) is 2.18. The molecule has 0 radical (unpaired) electrons. The quantitative estimate of drug-likeness (QED) is 0.755. The molecular formula is C12H13N3O2. The molecule has 17 heavy (non-hydrogen) atoms. The number of nitrogens with zero attached hydrogens (tertiary/aromatic N) is 3. The Morgan fingerprint density at radius 3 is 2.88 bits per heavy atom. The van der Waals surface area contributed by atoms with E-state index in [0.717, 1.165) is 0 Å². The Hall–Kier alpha value is -2.17. The number of esters is 1. The molecule has 0 bridgehead atoms. The van der Waals surface area contributed by atoms with Gasteiger partial charge >= 0.3 is 5.97 Å². The number of hydrogen-bond acceptors (Lipinski definition) is 4. The van der Waals surface area contributed by atoms with Crippen molar-refractivity contribution < 1.29 is 9.53 Å². The highest BCUT2D eigenvalue weighted by Crippen LogP contribution is 2.20. The first-order valence-electron chi connectivity index (χ1n) is 5.33. The molecule has 2 rings (SSSR count). The van der Waals surface area contributed by atoms with Crippen LogP contribution in [0.5, 0.6) is 0 Å². The second-order valence-corrected chi connectivity index (χ2v) is 3.45. The van der Waals surface area contributed by atoms with Gasteiger partial charge in [-0.05, 0) is 19.1 Å². The van der Waals surface area contributed by atoms with Crippen molar-refractivity contribution in [1.82, 2.24) is 14.8 Å². The largest absolute Gasteiger partial charge is 0.465 e. The van der Waals surface area contributed by atoms with Gasteiger partial charge in [0.15, 0.2) is 0 Å². The van der Waals surface area contributed by atoms with Crippen LogP contribution in [0.2, 0.25) is 0 Å². The lowest BCUT2D eigenvalue weighted by molar-refractivity contribution is 0.0601. The number of ether oxygens (including phenoxy) is 1. The van der Waals surface area contributed by atoms with E-state index in [0.29, 0.717) is 23.5 Å². The van der Waals surface area contributed by atoms with Crippen LogP contribution in [0.1, 0.15) is 17.3 Å². The minimum absolute atomic E-state index is 0.398. The van der Waals surface area contributed by atoms with Crippen LogP contribution in [-0.2, 0) is 11.3 Å². The standard InChI is InChI=1S/C12H13N3O2/c1-3-15-8-9(12(16)17-2)11(14-15)10-6-4-5-7-13-10/h4-8H,3H2,1-2H3. The minimum atomic E-state index is -0.398. The number of methoxy groups -OCH3 is 1. The predicted molar refractivity (Wildman–Crippen MR) is 62.5 cm³/mol. The van der Waals surface area contributed by atoms with Crippen LogP contribution in [0.4, 0.5) is 0 Å². The van der Waals surface area contributed by atoms with Crippen molar-refractivity contribution in [1.29, 1.82) is 0 Å². The normalized spacial score (nSPS) is 10.2. The van der Waals surface area contributed by atoms with E-state index in [-0.39, 0.29) is 0 Å². The number of carbonyl (C=O) groups is 1. The third-order valence-corrected chi connectivity index (χ3v) is 2.40. The van der Waals surface area contributed by atoms with Crippen LogP contribution >= 0.6 is 0 Å². The maximum Gasteiger partial charge on any atom is 0.341 e. The van der Waals surface area contributed by atoms with Crippen LogP contribution < -0.4 is 0 Å². The lowest BCUT2D eigenvalue weighted by Gasteiger charge is -1.99. The molecule has 0 spiro atoms. The summed E-state index contributed by atoms with van der Waals surface area (Å²) in [7, 11) is 1.35. The van der Waals surface area contributed by atoms with E-state index in [2.05, 4.69) is 10.1 Å². The van der Waals surface area contributed by atoms with Gasteiger partial charge in [0.1, 0.15) is 11.3 Å². The van der Waals surface area contributed by atoms with Crippen molar-refractivity contribution in [2.75, 3.05) is 7.11 Å². The average Bonchev–Trinajstić information content (AvgIpc) is 2.83. The number of rotatable bonds is 3. The fourth-order valence-corrected chi connectivity index (χ4v) is 1.53. The van der Waals surface area contributed by atoms with Gasteiger partial charge in [0, 0.05) is 18.9 Å². The van der Waals surface area contributed by atoms with Crippen molar-refractivity contribution in [3.63, 3.8) is 0 Å². The van der Waals surface area contributed by atoms with Crippen LogP contribution in [0.25, 0.3) is 11.4 Å². The van der Waals surface area contributed by atoms with Crippen LogP contribution in [-0.4, -0.2) is 27.8 Å². The molecule has 0 amide bonds. The first kappa shape index (κ1) is 11.3. The fourth-order valence-electron chi connectivity index (χ4n) is 1.53. The van der Waals surface area contributed by atoms with Crippen molar-refractivity contribution in [2.45, 2.75) is 13.5 Å². The number of aromatic nitrogens is 3. The predicted octanol–water partition coefficient (Wildman–Crippen LogP) is 1.75. The zero-order chi connectivity index (χ0) is 12.3. The lowest BCUT2D eigenvalue weighted by atomic mass is 10.2. The average molecular weight is 231 g/mol. The molecular weight excluding hydrogens is 218 g/mol. The molecule has 0 saturated carbocycles. The van der Waals surface area contributed by atoms with Crippen molar-refractivity contribution in [3.8, 4) is 11.4 Å². The van der Waals surface area contributed by atoms with Gasteiger partial charge in [-0.2, -0.15) is 5.10 Å². The first-order chi connectivity index (χ1) is 8.26. The van der Waals surface area contributed by atoms with E-state index in [1.165, 1.54) is 7.11 Å². The molecule has 0 N–H and O–H groups in total. The maximum atomic E-state index is 11.6. The van der Waals surface area contributed by atoms with Gasteiger partial charge in [-0.3, -0.25) is 9.67 Å². The van der Waals surface area contributed by atoms with E-state index >= 15 is 0 Å². The molecule has 0 atom stereocenters. The highest BCUT2D eigenvalue weighted by atomic mass is 16.5. The zero-order valence-electron chi connectivity index (χ0n) is 9.75.